The number of hydrogen-bond acceptors (Lipinski definition) is 10. The van der Waals surface area contributed by atoms with Crippen molar-refractivity contribution in [2.45, 2.75) is 6.54 Å². The molecule has 3 heterocycles. The van der Waals surface area contributed by atoms with Gasteiger partial charge in [0.25, 0.3) is 5.91 Å². The Labute approximate surface area is 257 Å². The number of nitrogens with one attached hydrogen (secondary N) is 2. The van der Waals surface area contributed by atoms with Crippen molar-refractivity contribution in [3.8, 4) is 16.9 Å². The third kappa shape index (κ3) is 7.43. The highest BCUT2D eigenvalue weighted by molar-refractivity contribution is 6.35. The third-order valence-corrected chi connectivity index (χ3v) is 8.40. The van der Waals surface area contributed by atoms with Gasteiger partial charge >= 0.3 is 0 Å². The van der Waals surface area contributed by atoms with Crippen molar-refractivity contribution in [3.05, 3.63) is 70.9 Å². The number of halogens is 1. The monoisotopic (exact) mass is 606 g/mol. The van der Waals surface area contributed by atoms with Gasteiger partial charge in [0.1, 0.15) is 11.6 Å². The number of amides is 1. The Morgan fingerprint density at radius 1 is 1.02 bits per heavy atom. The van der Waals surface area contributed by atoms with Crippen molar-refractivity contribution in [3.63, 3.8) is 0 Å². The Morgan fingerprint density at radius 3 is 2.40 bits per heavy atom. The van der Waals surface area contributed by atoms with Gasteiger partial charge in [-0.2, -0.15) is 4.98 Å². The number of phenolic OH excluding ortho intramolecular Hbond substituents is 1. The molecule has 4 N–H and O–H groups in total. The number of phenols is 1. The molecule has 0 aliphatic carbocycles. The highest BCUT2D eigenvalue weighted by Crippen LogP contribution is 2.37. The Hall–Kier alpha value is -3.74. The van der Waals surface area contributed by atoms with E-state index in [1.165, 1.54) is 5.56 Å². The highest BCUT2D eigenvalue weighted by Gasteiger charge is 2.22. The number of piperazine rings is 2. The maximum atomic E-state index is 13.0. The van der Waals surface area contributed by atoms with Crippen LogP contribution in [0.3, 0.4) is 0 Å². The van der Waals surface area contributed by atoms with E-state index in [-0.39, 0.29) is 28.9 Å². The smallest absolute Gasteiger partial charge is 0.273 e. The first-order valence-electron chi connectivity index (χ1n) is 14.5. The molecule has 3 aromatic rings. The first-order valence-corrected chi connectivity index (χ1v) is 14.9. The largest absolute Gasteiger partial charge is 0.506 e. The van der Waals surface area contributed by atoms with E-state index < -0.39 is 5.91 Å². The van der Waals surface area contributed by atoms with E-state index in [4.69, 9.17) is 11.6 Å². The van der Waals surface area contributed by atoms with Crippen molar-refractivity contribution in [1.82, 2.24) is 30.1 Å². The molecule has 0 bridgehead atoms. The van der Waals surface area contributed by atoms with Crippen LogP contribution in [-0.4, -0.2) is 113 Å². The number of likely N-dealkylation sites (N-methyl/N-ethyl adjacent to an activating group) is 1. The number of nitrogens with zero attached hydrogens (tertiary/aromatic N) is 6. The number of hydrogen-bond donors (Lipinski definition) is 4. The zero-order valence-electron chi connectivity index (χ0n) is 24.5. The molecule has 0 unspecified atom stereocenters. The molecule has 0 spiro atoms. The van der Waals surface area contributed by atoms with Gasteiger partial charge in [-0.1, -0.05) is 54.6 Å². The number of hydrazine groups is 1. The zero-order chi connectivity index (χ0) is 30.3. The SMILES string of the molecule is C=Cc1cnc(NNC(=O)c2ccc(-c3ccc(CN4CCN(C)CC4)cc3)c(Cl)c2O)nc1N1CCN(CCO)CC1. The topological polar surface area (TPSA) is 120 Å². The number of aliphatic hydroxyl groups is 1. The van der Waals surface area contributed by atoms with Gasteiger partial charge in [-0.15, -0.1) is 0 Å². The number of carbonyl (C=O) groups excluding carboxylic acids is 1. The molecule has 5 rings (SSSR count). The van der Waals surface area contributed by atoms with Crippen LogP contribution in [0.5, 0.6) is 5.75 Å². The summed E-state index contributed by atoms with van der Waals surface area (Å²) in [5.74, 6) is 0.0224. The van der Waals surface area contributed by atoms with E-state index in [0.29, 0.717) is 17.9 Å². The van der Waals surface area contributed by atoms with E-state index >= 15 is 0 Å². The minimum Gasteiger partial charge on any atom is -0.506 e. The molecule has 1 aromatic heterocycles. The van der Waals surface area contributed by atoms with Gasteiger partial charge < -0.3 is 20.0 Å². The van der Waals surface area contributed by atoms with Crippen molar-refractivity contribution >= 4 is 35.4 Å². The van der Waals surface area contributed by atoms with E-state index in [0.717, 1.165) is 70.0 Å². The fourth-order valence-electron chi connectivity index (χ4n) is 5.37. The molecule has 0 atom stereocenters. The second-order valence-corrected chi connectivity index (χ2v) is 11.3. The van der Waals surface area contributed by atoms with Crippen LogP contribution < -0.4 is 15.8 Å². The van der Waals surface area contributed by atoms with Crippen LogP contribution in [-0.2, 0) is 6.54 Å². The normalized spacial score (nSPS) is 16.7. The summed E-state index contributed by atoms with van der Waals surface area (Å²) in [6.07, 6.45) is 3.34. The lowest BCUT2D eigenvalue weighted by Crippen LogP contribution is -2.47. The van der Waals surface area contributed by atoms with Crippen LogP contribution in [0, 0.1) is 0 Å². The summed E-state index contributed by atoms with van der Waals surface area (Å²) in [7, 11) is 2.15. The number of benzene rings is 2. The highest BCUT2D eigenvalue weighted by atomic mass is 35.5. The predicted octanol–water partition coefficient (Wildman–Crippen LogP) is 2.76. The average Bonchev–Trinajstić information content (AvgIpc) is 3.03. The predicted molar refractivity (Wildman–Crippen MR) is 170 cm³/mol. The molecule has 11 nitrogen and oxygen atoms in total. The lowest BCUT2D eigenvalue weighted by atomic mass is 10.0. The fourth-order valence-corrected chi connectivity index (χ4v) is 5.64. The van der Waals surface area contributed by atoms with E-state index in [1.807, 2.05) is 12.1 Å². The summed E-state index contributed by atoms with van der Waals surface area (Å²) in [4.78, 5) is 31.0. The second kappa shape index (κ2) is 14.2. The third-order valence-electron chi connectivity index (χ3n) is 8.02. The lowest BCUT2D eigenvalue weighted by Gasteiger charge is -2.35. The molecule has 0 saturated carbocycles. The average molecular weight is 607 g/mol. The van der Waals surface area contributed by atoms with E-state index in [2.05, 4.69) is 66.2 Å². The number of aromatic hydroxyl groups is 1. The summed E-state index contributed by atoms with van der Waals surface area (Å²) in [6.45, 7) is 12.9. The van der Waals surface area contributed by atoms with Gasteiger partial charge in [-0.3, -0.25) is 25.4 Å². The Balaban J connectivity index is 1.22. The molecule has 228 valence electrons. The molecule has 0 radical (unpaired) electrons. The van der Waals surface area contributed by atoms with E-state index in [1.54, 1.807) is 24.4 Å². The lowest BCUT2D eigenvalue weighted by molar-refractivity contribution is 0.0959. The quantitative estimate of drug-likeness (QED) is 0.256. The Kier molecular flexibility index (Phi) is 10.1. The molecule has 2 aromatic carbocycles. The van der Waals surface area contributed by atoms with Gasteiger partial charge in [0.05, 0.1) is 17.2 Å². The fraction of sp³-hybridized carbons (Fsp3) is 0.387. The minimum atomic E-state index is -0.580. The maximum absolute atomic E-state index is 13.0. The number of aliphatic hydroxyl groups excluding tert-OH is 1. The van der Waals surface area contributed by atoms with E-state index in [9.17, 15) is 15.0 Å². The summed E-state index contributed by atoms with van der Waals surface area (Å²) in [5, 5.41) is 20.2. The molecule has 43 heavy (non-hydrogen) atoms. The van der Waals surface area contributed by atoms with Gasteiger partial charge in [0.2, 0.25) is 5.95 Å². The molecule has 2 saturated heterocycles. The summed E-state index contributed by atoms with van der Waals surface area (Å²) in [5.41, 5.74) is 8.82. The molecular weight excluding hydrogens is 568 g/mol. The number of rotatable bonds is 10. The van der Waals surface area contributed by atoms with Gasteiger partial charge in [0.15, 0.2) is 0 Å². The minimum absolute atomic E-state index is 0.0240. The number of β-amino-alcohol motifs (C(OH)–C–C–N with tert-alkyl or cyclic N) is 1. The number of carbonyl (C=O) groups is 1. The van der Waals surface area contributed by atoms with Crippen LogP contribution in [0.15, 0.2) is 49.2 Å². The Bertz CT molecular complexity index is 1420. The van der Waals surface area contributed by atoms with Crippen molar-refractivity contribution in [1.29, 1.82) is 0 Å². The first-order chi connectivity index (χ1) is 20.9. The summed E-state index contributed by atoms with van der Waals surface area (Å²) >= 11 is 6.55. The van der Waals surface area contributed by atoms with Crippen LogP contribution >= 0.6 is 11.6 Å². The number of anilines is 2. The van der Waals surface area contributed by atoms with Crippen LogP contribution in [0.4, 0.5) is 11.8 Å². The van der Waals surface area contributed by atoms with Gasteiger partial charge in [0, 0.05) is 82.8 Å². The zero-order valence-corrected chi connectivity index (χ0v) is 25.2. The maximum Gasteiger partial charge on any atom is 0.273 e. The molecule has 2 aliphatic rings. The molecule has 2 aliphatic heterocycles. The summed E-state index contributed by atoms with van der Waals surface area (Å²) < 4.78 is 0. The van der Waals surface area contributed by atoms with Crippen LogP contribution in [0.25, 0.3) is 17.2 Å². The first kappa shape index (κ1) is 30.7. The van der Waals surface area contributed by atoms with Crippen molar-refractivity contribution in [2.75, 3.05) is 82.9 Å². The van der Waals surface area contributed by atoms with Crippen LogP contribution in [0.1, 0.15) is 21.5 Å². The van der Waals surface area contributed by atoms with Crippen LogP contribution in [0.2, 0.25) is 5.02 Å². The van der Waals surface area contributed by atoms with Gasteiger partial charge in [-0.05, 0) is 24.2 Å². The van der Waals surface area contributed by atoms with Crippen molar-refractivity contribution in [2.24, 2.45) is 0 Å². The molecule has 1 amide bonds. The molecular formula is C31H39ClN8O3. The van der Waals surface area contributed by atoms with Crippen molar-refractivity contribution < 1.29 is 15.0 Å². The second-order valence-electron chi connectivity index (χ2n) is 10.9. The Morgan fingerprint density at radius 2 is 1.72 bits per heavy atom. The molecule has 2 fully saturated rings. The molecule has 12 heteroatoms. The number of aromatic nitrogens is 2. The van der Waals surface area contributed by atoms with Gasteiger partial charge in [-0.25, -0.2) is 4.98 Å². The standard InChI is InChI=1S/C31H39ClN8O3/c1-3-23-20-33-31(34-29(23)40-16-14-38(15-17-40)18-19-41)36-35-30(43)26-9-8-25(27(32)28(26)42)24-6-4-22(5-7-24)21-39-12-10-37(2)11-13-39/h3-9,20,41-42H,1,10-19,21H2,2H3,(H,35,43)(H,33,34,36). The summed E-state index contributed by atoms with van der Waals surface area (Å²) in [6, 6.07) is 11.4.